The smallest absolute Gasteiger partial charge is 0.0625 e. The minimum Gasteiger partial charge on any atom is -0.258 e. The van der Waals surface area contributed by atoms with Crippen LogP contribution in [0.25, 0.3) is 0 Å². The second kappa shape index (κ2) is 1.53. The molecule has 0 saturated carbocycles. The summed E-state index contributed by atoms with van der Waals surface area (Å²) in [5.41, 5.74) is 3.43. The van der Waals surface area contributed by atoms with E-state index in [2.05, 4.69) is 9.97 Å². The molecule has 0 radical (unpaired) electrons. The zero-order valence-electron chi connectivity index (χ0n) is 5.39. The quantitative estimate of drug-likeness (QED) is 0.508. The van der Waals surface area contributed by atoms with Gasteiger partial charge >= 0.3 is 0 Å². The van der Waals surface area contributed by atoms with Gasteiger partial charge in [0, 0.05) is 6.20 Å². The Labute approximate surface area is 54.0 Å². The predicted octanol–water partition coefficient (Wildman–Crippen LogP) is 0.884. The van der Waals surface area contributed by atoms with E-state index in [1.807, 2.05) is 13.1 Å². The Kier molecular flexibility index (Phi) is 0.835. The molecule has 1 heterocycles. The van der Waals surface area contributed by atoms with Crippen molar-refractivity contribution < 1.29 is 0 Å². The average molecular weight is 120 g/mol. The lowest BCUT2D eigenvalue weighted by molar-refractivity contribution is 0.734. The summed E-state index contributed by atoms with van der Waals surface area (Å²) in [4.78, 5) is 8.50. The molecule has 0 N–H and O–H groups in total. The van der Waals surface area contributed by atoms with Gasteiger partial charge in [-0.1, -0.05) is 0 Å². The Hall–Kier alpha value is -0.920. The molecule has 2 nitrogen and oxygen atoms in total. The Balaban J connectivity index is 2.57. The van der Waals surface area contributed by atoms with Crippen LogP contribution in [0.5, 0.6) is 0 Å². The molecule has 0 spiro atoms. The lowest BCUT2D eigenvalue weighted by Crippen LogP contribution is -2.13. The van der Waals surface area contributed by atoms with E-state index in [9.17, 15) is 0 Å². The second-order valence-electron chi connectivity index (χ2n) is 2.40. The molecule has 0 atom stereocenters. The Morgan fingerprint density at radius 2 is 2.11 bits per heavy atom. The third-order valence-electron chi connectivity index (χ3n) is 1.65. The highest BCUT2D eigenvalue weighted by molar-refractivity contribution is 5.22. The third kappa shape index (κ3) is 0.626. The lowest BCUT2D eigenvalue weighted by atomic mass is 10.0. The van der Waals surface area contributed by atoms with Crippen LogP contribution in [0, 0.1) is 6.92 Å². The van der Waals surface area contributed by atoms with Gasteiger partial charge < -0.3 is 0 Å². The fourth-order valence-electron chi connectivity index (χ4n) is 1.02. The highest BCUT2D eigenvalue weighted by atomic mass is 14.8. The summed E-state index contributed by atoms with van der Waals surface area (Å²) >= 11 is 0. The van der Waals surface area contributed by atoms with E-state index >= 15 is 0 Å². The van der Waals surface area contributed by atoms with Crippen molar-refractivity contribution in [3.05, 3.63) is 23.3 Å². The third-order valence-corrected chi connectivity index (χ3v) is 1.65. The van der Waals surface area contributed by atoms with Gasteiger partial charge in [-0.2, -0.15) is 0 Å². The van der Waals surface area contributed by atoms with Gasteiger partial charge in [0.25, 0.3) is 0 Å². The summed E-state index contributed by atoms with van der Waals surface area (Å²) < 4.78 is 0. The van der Waals surface area contributed by atoms with Gasteiger partial charge in [0.1, 0.15) is 0 Å². The molecular formula is C7H8N2. The van der Waals surface area contributed by atoms with E-state index in [1.165, 1.54) is 11.4 Å². The molecule has 0 aromatic carbocycles. The van der Waals surface area contributed by atoms with E-state index in [-0.39, 0.29) is 0 Å². The van der Waals surface area contributed by atoms with Crippen LogP contribution in [0.1, 0.15) is 17.1 Å². The Morgan fingerprint density at radius 3 is 2.56 bits per heavy atom. The minimum atomic E-state index is 1.04. The van der Waals surface area contributed by atoms with Crippen molar-refractivity contribution in [2.75, 3.05) is 0 Å². The van der Waals surface area contributed by atoms with E-state index in [0.717, 1.165) is 18.5 Å². The van der Waals surface area contributed by atoms with E-state index in [0.29, 0.717) is 0 Å². The summed E-state index contributed by atoms with van der Waals surface area (Å²) in [6, 6.07) is 0. The monoisotopic (exact) mass is 120 g/mol. The van der Waals surface area contributed by atoms with Crippen LogP contribution in [0.15, 0.2) is 6.20 Å². The lowest BCUT2D eigenvalue weighted by Gasteiger charge is -2.14. The zero-order valence-corrected chi connectivity index (χ0v) is 5.39. The van der Waals surface area contributed by atoms with Crippen LogP contribution >= 0.6 is 0 Å². The first-order chi connectivity index (χ1) is 4.36. The standard InChI is InChI=1S/C7H8N2/c1-5-4-8-6-2-3-7(6)9-5/h4H,2-3H2,1H3. The number of aryl methyl sites for hydroxylation is 3. The van der Waals surface area contributed by atoms with Crippen LogP contribution in [0.4, 0.5) is 0 Å². The van der Waals surface area contributed by atoms with Crippen LogP contribution in [0.2, 0.25) is 0 Å². The van der Waals surface area contributed by atoms with Crippen molar-refractivity contribution in [3.63, 3.8) is 0 Å². The molecule has 0 saturated heterocycles. The van der Waals surface area contributed by atoms with Gasteiger partial charge in [-0.25, -0.2) is 0 Å². The molecule has 1 aromatic heterocycles. The van der Waals surface area contributed by atoms with Gasteiger partial charge in [0.05, 0.1) is 17.1 Å². The molecule has 1 aromatic rings. The Morgan fingerprint density at radius 1 is 1.33 bits per heavy atom. The van der Waals surface area contributed by atoms with E-state index in [4.69, 9.17) is 0 Å². The summed E-state index contributed by atoms with van der Waals surface area (Å²) in [6.45, 7) is 1.98. The highest BCUT2D eigenvalue weighted by Gasteiger charge is 2.14. The molecule has 2 heteroatoms. The van der Waals surface area contributed by atoms with Crippen molar-refractivity contribution in [2.45, 2.75) is 19.8 Å². The molecule has 46 valence electrons. The fraction of sp³-hybridized carbons (Fsp3) is 0.429. The van der Waals surface area contributed by atoms with Crippen molar-refractivity contribution in [1.29, 1.82) is 0 Å². The molecule has 0 aliphatic heterocycles. The fourth-order valence-corrected chi connectivity index (χ4v) is 1.02. The number of hydrogen-bond acceptors (Lipinski definition) is 2. The SMILES string of the molecule is Cc1cnc2c(n1)CC2. The van der Waals surface area contributed by atoms with Crippen molar-refractivity contribution in [1.82, 2.24) is 9.97 Å². The molecular weight excluding hydrogens is 112 g/mol. The zero-order chi connectivity index (χ0) is 6.27. The van der Waals surface area contributed by atoms with E-state index in [1.54, 1.807) is 0 Å². The van der Waals surface area contributed by atoms with E-state index < -0.39 is 0 Å². The summed E-state index contributed by atoms with van der Waals surface area (Å²) in [5.74, 6) is 0. The largest absolute Gasteiger partial charge is 0.258 e. The van der Waals surface area contributed by atoms with Crippen molar-refractivity contribution >= 4 is 0 Å². The molecule has 0 fully saturated rings. The molecule has 1 aliphatic carbocycles. The number of hydrogen-bond donors (Lipinski definition) is 0. The maximum absolute atomic E-state index is 4.30. The van der Waals surface area contributed by atoms with Crippen molar-refractivity contribution in [2.24, 2.45) is 0 Å². The molecule has 2 rings (SSSR count). The maximum Gasteiger partial charge on any atom is 0.0625 e. The average Bonchev–Trinajstić information content (AvgIpc) is 1.78. The van der Waals surface area contributed by atoms with Gasteiger partial charge in [0.15, 0.2) is 0 Å². The van der Waals surface area contributed by atoms with Gasteiger partial charge in [-0.05, 0) is 19.8 Å². The normalized spacial score (nSPS) is 14.3. The molecule has 0 bridgehead atoms. The Bertz CT molecular complexity index is 243. The summed E-state index contributed by atoms with van der Waals surface area (Å²) in [7, 11) is 0. The van der Waals surface area contributed by atoms with Gasteiger partial charge in [-0.3, -0.25) is 9.97 Å². The first-order valence-electron chi connectivity index (χ1n) is 3.17. The van der Waals surface area contributed by atoms with Crippen molar-refractivity contribution in [3.8, 4) is 0 Å². The second-order valence-corrected chi connectivity index (χ2v) is 2.40. The molecule has 0 amide bonds. The number of rotatable bonds is 0. The van der Waals surface area contributed by atoms with Gasteiger partial charge in [-0.15, -0.1) is 0 Å². The predicted molar refractivity (Wildman–Crippen MR) is 34.2 cm³/mol. The number of aromatic nitrogens is 2. The molecule has 9 heavy (non-hydrogen) atoms. The number of nitrogens with zero attached hydrogens (tertiary/aromatic N) is 2. The molecule has 0 unspecified atom stereocenters. The molecule has 1 aliphatic rings. The van der Waals surface area contributed by atoms with Crippen LogP contribution < -0.4 is 0 Å². The van der Waals surface area contributed by atoms with Gasteiger partial charge in [0.2, 0.25) is 0 Å². The minimum absolute atomic E-state index is 1.04. The number of fused-ring (bicyclic) bond motifs is 1. The first-order valence-corrected chi connectivity index (χ1v) is 3.17. The summed E-state index contributed by atoms with van der Waals surface area (Å²) in [6.07, 6.45) is 4.09. The van der Waals surface area contributed by atoms with Crippen LogP contribution in [0.3, 0.4) is 0 Å². The van der Waals surface area contributed by atoms with Crippen LogP contribution in [-0.2, 0) is 12.8 Å². The van der Waals surface area contributed by atoms with Crippen LogP contribution in [-0.4, -0.2) is 9.97 Å². The maximum atomic E-state index is 4.30. The highest BCUT2D eigenvalue weighted by Crippen LogP contribution is 2.16. The topological polar surface area (TPSA) is 25.8 Å². The first kappa shape index (κ1) is 4.91. The summed E-state index contributed by atoms with van der Waals surface area (Å²) in [5, 5.41) is 0.